The van der Waals surface area contributed by atoms with Crippen molar-refractivity contribution in [3.8, 4) is 11.3 Å². The molecule has 0 aliphatic heterocycles. The number of H-pyrrole nitrogens is 2. The van der Waals surface area contributed by atoms with Crippen LogP contribution in [0.15, 0.2) is 42.9 Å². The highest BCUT2D eigenvalue weighted by Crippen LogP contribution is 2.31. The van der Waals surface area contributed by atoms with Gasteiger partial charge in [0, 0.05) is 17.5 Å². The minimum absolute atomic E-state index is 0.203. The van der Waals surface area contributed by atoms with Gasteiger partial charge in [0.25, 0.3) is 5.56 Å². The van der Waals surface area contributed by atoms with Crippen molar-refractivity contribution in [2.24, 2.45) is 0 Å². The number of nitrogens with one attached hydrogen (secondary N) is 2. The Morgan fingerprint density at radius 1 is 1.38 bits per heavy atom. The van der Waals surface area contributed by atoms with Crippen molar-refractivity contribution in [1.82, 2.24) is 24.7 Å². The van der Waals surface area contributed by atoms with E-state index in [9.17, 15) is 9.59 Å². The van der Waals surface area contributed by atoms with E-state index < -0.39 is 0 Å². The third kappa shape index (κ3) is 3.01. The third-order valence-corrected chi connectivity index (χ3v) is 5.65. The van der Waals surface area contributed by atoms with Crippen LogP contribution < -0.4 is 11.2 Å². The zero-order chi connectivity index (χ0) is 18.1. The van der Waals surface area contributed by atoms with Gasteiger partial charge in [-0.2, -0.15) is 0 Å². The number of thioether (sulfide) groups is 1. The van der Waals surface area contributed by atoms with E-state index in [0.717, 1.165) is 12.0 Å². The highest BCUT2D eigenvalue weighted by Gasteiger charge is 2.15. The van der Waals surface area contributed by atoms with E-state index in [2.05, 4.69) is 20.2 Å². The van der Waals surface area contributed by atoms with Gasteiger partial charge in [0.1, 0.15) is 16.4 Å². The second kappa shape index (κ2) is 6.96. The summed E-state index contributed by atoms with van der Waals surface area (Å²) >= 11 is 2.76. The van der Waals surface area contributed by atoms with Crippen LogP contribution in [-0.2, 0) is 12.3 Å². The maximum Gasteiger partial charge on any atom is 0.343 e. The minimum atomic E-state index is -0.229. The summed E-state index contributed by atoms with van der Waals surface area (Å²) in [7, 11) is 0. The number of nitrogens with zero attached hydrogens (tertiary/aromatic N) is 3. The lowest BCUT2D eigenvalue weighted by Gasteiger charge is -2.03. The number of hydrogen-bond donors (Lipinski definition) is 2. The molecule has 134 valence electrons. The monoisotopic (exact) mass is 389 g/mol. The zero-order valence-electron chi connectivity index (χ0n) is 13.8. The number of aromatic nitrogens is 5. The number of furan rings is 1. The second-order valence-corrected chi connectivity index (χ2v) is 7.37. The molecule has 0 saturated heterocycles. The van der Waals surface area contributed by atoms with E-state index in [1.165, 1.54) is 23.1 Å². The highest BCUT2D eigenvalue weighted by molar-refractivity contribution is 7.98. The Bertz CT molecular complexity index is 1150. The maximum atomic E-state index is 12.5. The van der Waals surface area contributed by atoms with Gasteiger partial charge in [-0.1, -0.05) is 18.7 Å². The summed E-state index contributed by atoms with van der Waals surface area (Å²) in [5, 5.41) is 9.47. The van der Waals surface area contributed by atoms with Crippen molar-refractivity contribution in [3.63, 3.8) is 0 Å². The standard InChI is InChI=1S/C16H15N5O3S2/c1-2-5-21-15(23)19-20-16(21)26-8-11-17-13(22)12-9(7-25-14(12)18-11)10-4-3-6-24-10/h3-4,6-7H,2,5,8H2,1H3,(H,19,23)(H,17,18,22). The number of thiophene rings is 1. The molecule has 0 fully saturated rings. The van der Waals surface area contributed by atoms with Gasteiger partial charge in [0.05, 0.1) is 17.4 Å². The van der Waals surface area contributed by atoms with Crippen molar-refractivity contribution in [2.45, 2.75) is 30.8 Å². The van der Waals surface area contributed by atoms with Crippen LogP contribution in [0, 0.1) is 0 Å². The van der Waals surface area contributed by atoms with Crippen molar-refractivity contribution in [1.29, 1.82) is 0 Å². The molecule has 2 N–H and O–H groups in total. The molecule has 0 spiro atoms. The van der Waals surface area contributed by atoms with Crippen LogP contribution in [0.1, 0.15) is 19.2 Å². The van der Waals surface area contributed by atoms with Crippen LogP contribution in [0.25, 0.3) is 21.5 Å². The molecule has 4 rings (SSSR count). The molecule has 0 aliphatic carbocycles. The lowest BCUT2D eigenvalue weighted by atomic mass is 10.2. The first-order valence-corrected chi connectivity index (χ1v) is 9.86. The van der Waals surface area contributed by atoms with Crippen molar-refractivity contribution >= 4 is 33.3 Å². The first-order chi connectivity index (χ1) is 12.7. The predicted octanol–water partition coefficient (Wildman–Crippen LogP) is 2.83. The Morgan fingerprint density at radius 2 is 2.27 bits per heavy atom. The molecule has 0 bridgehead atoms. The summed E-state index contributed by atoms with van der Waals surface area (Å²) in [6, 6.07) is 3.60. The molecule has 26 heavy (non-hydrogen) atoms. The zero-order valence-corrected chi connectivity index (χ0v) is 15.4. The summed E-state index contributed by atoms with van der Waals surface area (Å²) in [6.45, 7) is 2.59. The van der Waals surface area contributed by atoms with Gasteiger partial charge in [-0.05, 0) is 18.6 Å². The van der Waals surface area contributed by atoms with Gasteiger partial charge in [-0.3, -0.25) is 9.36 Å². The summed E-state index contributed by atoms with van der Waals surface area (Å²) in [6.07, 6.45) is 2.41. The van der Waals surface area contributed by atoms with Crippen LogP contribution in [0.4, 0.5) is 0 Å². The van der Waals surface area contributed by atoms with E-state index in [1.54, 1.807) is 16.9 Å². The molecule has 8 nitrogen and oxygen atoms in total. The van der Waals surface area contributed by atoms with Gasteiger partial charge in [0.15, 0.2) is 5.16 Å². The molecule has 0 aliphatic rings. The van der Waals surface area contributed by atoms with Gasteiger partial charge in [-0.15, -0.1) is 16.4 Å². The molecular weight excluding hydrogens is 374 g/mol. The predicted molar refractivity (Wildman–Crippen MR) is 101 cm³/mol. The van der Waals surface area contributed by atoms with Crippen LogP contribution >= 0.6 is 23.1 Å². The quantitative estimate of drug-likeness (QED) is 0.491. The molecule has 4 heterocycles. The van der Waals surface area contributed by atoms with Gasteiger partial charge in [0.2, 0.25) is 0 Å². The van der Waals surface area contributed by atoms with Crippen LogP contribution in [0.3, 0.4) is 0 Å². The molecule has 0 radical (unpaired) electrons. The lowest BCUT2D eigenvalue weighted by Crippen LogP contribution is -2.17. The van der Waals surface area contributed by atoms with Crippen LogP contribution in [0.2, 0.25) is 0 Å². The Balaban J connectivity index is 1.63. The van der Waals surface area contributed by atoms with E-state index >= 15 is 0 Å². The van der Waals surface area contributed by atoms with Crippen molar-refractivity contribution < 1.29 is 4.42 Å². The minimum Gasteiger partial charge on any atom is -0.464 e. The number of hydrogen-bond acceptors (Lipinski definition) is 7. The number of aromatic amines is 2. The normalized spacial score (nSPS) is 11.4. The topological polar surface area (TPSA) is 110 Å². The fourth-order valence-corrected chi connectivity index (χ4v) is 4.43. The Morgan fingerprint density at radius 3 is 3.04 bits per heavy atom. The van der Waals surface area contributed by atoms with Crippen LogP contribution in [0.5, 0.6) is 0 Å². The van der Waals surface area contributed by atoms with E-state index in [4.69, 9.17) is 4.42 Å². The van der Waals surface area contributed by atoms with Gasteiger partial charge < -0.3 is 9.40 Å². The van der Waals surface area contributed by atoms with Crippen LogP contribution in [-0.4, -0.2) is 24.7 Å². The fraction of sp³-hybridized carbons (Fsp3) is 0.250. The molecule has 10 heteroatoms. The third-order valence-electron chi connectivity index (χ3n) is 3.79. The Hall–Kier alpha value is -2.59. The average Bonchev–Trinajstić information content (AvgIpc) is 3.34. The summed E-state index contributed by atoms with van der Waals surface area (Å²) in [5.74, 6) is 1.59. The van der Waals surface area contributed by atoms with Gasteiger partial charge >= 0.3 is 5.69 Å². The summed E-state index contributed by atoms with van der Waals surface area (Å²) in [5.41, 5.74) is 0.311. The largest absolute Gasteiger partial charge is 0.464 e. The molecule has 0 unspecified atom stereocenters. The molecule has 0 saturated carbocycles. The first kappa shape index (κ1) is 16.9. The molecule has 0 aromatic carbocycles. The molecule has 0 amide bonds. The maximum absolute atomic E-state index is 12.5. The molecule has 4 aromatic heterocycles. The number of rotatable bonds is 6. The Kier molecular flexibility index (Phi) is 4.51. The molecule has 4 aromatic rings. The van der Waals surface area contributed by atoms with Crippen molar-refractivity contribution in [2.75, 3.05) is 0 Å². The number of fused-ring (bicyclic) bond motifs is 1. The van der Waals surface area contributed by atoms with Crippen molar-refractivity contribution in [3.05, 3.63) is 50.4 Å². The van der Waals surface area contributed by atoms with E-state index in [0.29, 0.717) is 39.3 Å². The smallest absolute Gasteiger partial charge is 0.343 e. The van der Waals surface area contributed by atoms with E-state index in [1.807, 2.05) is 18.4 Å². The highest BCUT2D eigenvalue weighted by atomic mass is 32.2. The van der Waals surface area contributed by atoms with Gasteiger partial charge in [-0.25, -0.2) is 14.9 Å². The Labute approximate surface area is 155 Å². The molecule has 0 atom stereocenters. The molecular formula is C16H15N5O3S2. The second-order valence-electron chi connectivity index (χ2n) is 5.57. The SMILES string of the molecule is CCCn1c(SCc2nc3scc(-c4ccco4)c3c(=O)[nH]2)n[nH]c1=O. The fourth-order valence-electron chi connectivity index (χ4n) is 2.64. The average molecular weight is 389 g/mol. The summed E-state index contributed by atoms with van der Waals surface area (Å²) in [4.78, 5) is 32.3. The van der Waals surface area contributed by atoms with E-state index in [-0.39, 0.29) is 11.2 Å². The summed E-state index contributed by atoms with van der Waals surface area (Å²) < 4.78 is 6.98. The first-order valence-electron chi connectivity index (χ1n) is 7.99. The lowest BCUT2D eigenvalue weighted by molar-refractivity contribution is 0.583.